The van der Waals surface area contributed by atoms with Gasteiger partial charge in [0.05, 0.1) is 26.3 Å². The van der Waals surface area contributed by atoms with Crippen LogP contribution in [0.2, 0.25) is 0 Å². The number of thiophene rings is 1. The molecule has 1 N–H and O–H groups in total. The molecule has 202 valence electrons. The second kappa shape index (κ2) is 12.2. The number of H-pyrrole nitrogens is 1. The second-order valence-electron chi connectivity index (χ2n) is 9.26. The van der Waals surface area contributed by atoms with Crippen LogP contribution < -0.4 is 15.0 Å². The highest BCUT2D eigenvalue weighted by Crippen LogP contribution is 2.28. The predicted octanol–water partition coefficient (Wildman–Crippen LogP) is 5.19. The number of ether oxygens (including phenoxy) is 2. The van der Waals surface area contributed by atoms with Crippen molar-refractivity contribution >= 4 is 22.2 Å². The molecular formula is C29H32N6O3S. The molecule has 9 nitrogen and oxygen atoms in total. The Morgan fingerprint density at radius 2 is 1.87 bits per heavy atom. The van der Waals surface area contributed by atoms with E-state index in [-0.39, 0.29) is 11.6 Å². The van der Waals surface area contributed by atoms with Crippen LogP contribution in [-0.2, 0) is 19.6 Å². The van der Waals surface area contributed by atoms with E-state index in [1.165, 1.54) is 4.88 Å². The van der Waals surface area contributed by atoms with Gasteiger partial charge in [-0.3, -0.25) is 9.69 Å². The van der Waals surface area contributed by atoms with Crippen molar-refractivity contribution in [2.45, 2.75) is 45.9 Å². The summed E-state index contributed by atoms with van der Waals surface area (Å²) >= 11 is 1.70. The Kier molecular flexibility index (Phi) is 8.33. The Bertz CT molecular complexity index is 1560. The minimum Gasteiger partial charge on any atom is -0.497 e. The number of methoxy groups -OCH3 is 1. The summed E-state index contributed by atoms with van der Waals surface area (Å²) in [6, 6.07) is 19.6. The summed E-state index contributed by atoms with van der Waals surface area (Å²) in [6.45, 7) is 6.31. The van der Waals surface area contributed by atoms with Crippen LogP contribution in [0, 0.1) is 0 Å². The van der Waals surface area contributed by atoms with E-state index in [9.17, 15) is 4.79 Å². The molecular weight excluding hydrogens is 512 g/mol. The van der Waals surface area contributed by atoms with Crippen LogP contribution in [0.25, 0.3) is 10.9 Å². The average molecular weight is 545 g/mol. The molecule has 0 aliphatic rings. The third kappa shape index (κ3) is 6.18. The van der Waals surface area contributed by atoms with Crippen LogP contribution in [0.4, 0.5) is 0 Å². The van der Waals surface area contributed by atoms with Gasteiger partial charge in [0, 0.05) is 34.4 Å². The third-order valence-electron chi connectivity index (χ3n) is 6.69. The Morgan fingerprint density at radius 3 is 2.59 bits per heavy atom. The van der Waals surface area contributed by atoms with Gasteiger partial charge in [-0.2, -0.15) is 0 Å². The Hall–Kier alpha value is -4.02. The number of hydrogen-bond donors (Lipinski definition) is 1. The van der Waals surface area contributed by atoms with Gasteiger partial charge in [-0.25, -0.2) is 4.68 Å². The molecule has 0 saturated carbocycles. The molecule has 0 fully saturated rings. The molecule has 39 heavy (non-hydrogen) atoms. The number of benzene rings is 2. The molecule has 0 radical (unpaired) electrons. The van der Waals surface area contributed by atoms with Crippen LogP contribution in [0.15, 0.2) is 70.8 Å². The number of nitrogens with zero attached hydrogens (tertiary/aromatic N) is 5. The standard InChI is InChI=1S/C29H32N6O3S/c1-4-27(28-31-32-33-35(28)17-20-8-10-23(37-3)11-9-20)34(19-25-7-6-14-39-25)18-22-15-21-16-24(38-5-2)12-13-26(21)30-29(22)36/h6-16,27H,4-5,17-19H2,1-3H3,(H,30,36)/t27-/m0/s1. The maximum Gasteiger partial charge on any atom is 0.252 e. The van der Waals surface area contributed by atoms with E-state index in [0.717, 1.165) is 40.2 Å². The average Bonchev–Trinajstić information content (AvgIpc) is 3.63. The van der Waals surface area contributed by atoms with Crippen LogP contribution >= 0.6 is 11.3 Å². The zero-order chi connectivity index (χ0) is 27.2. The first-order chi connectivity index (χ1) is 19.1. The summed E-state index contributed by atoms with van der Waals surface area (Å²) in [6.07, 6.45) is 0.772. The molecule has 0 aliphatic carbocycles. The van der Waals surface area contributed by atoms with Gasteiger partial charge < -0.3 is 14.5 Å². The smallest absolute Gasteiger partial charge is 0.252 e. The number of hydrogen-bond acceptors (Lipinski definition) is 8. The number of rotatable bonds is 12. The van der Waals surface area contributed by atoms with Gasteiger partial charge in [0.2, 0.25) is 0 Å². The van der Waals surface area contributed by atoms with Crippen LogP contribution in [0.1, 0.15) is 48.1 Å². The highest BCUT2D eigenvalue weighted by molar-refractivity contribution is 7.09. The molecule has 0 amide bonds. The van der Waals surface area contributed by atoms with Crippen molar-refractivity contribution in [3.05, 3.63) is 98.2 Å². The van der Waals surface area contributed by atoms with Gasteiger partial charge in [0.15, 0.2) is 5.82 Å². The van der Waals surface area contributed by atoms with Crippen molar-refractivity contribution in [3.8, 4) is 11.5 Å². The Balaban J connectivity index is 1.48. The second-order valence-corrected chi connectivity index (χ2v) is 10.3. The molecule has 0 saturated heterocycles. The fourth-order valence-electron chi connectivity index (χ4n) is 4.77. The third-order valence-corrected chi connectivity index (χ3v) is 7.55. The summed E-state index contributed by atoms with van der Waals surface area (Å²) in [5, 5.41) is 15.8. The Labute approximate surface area is 231 Å². The van der Waals surface area contributed by atoms with E-state index in [4.69, 9.17) is 9.47 Å². The van der Waals surface area contributed by atoms with E-state index in [1.54, 1.807) is 18.4 Å². The lowest BCUT2D eigenvalue weighted by atomic mass is 10.1. The fraction of sp³-hybridized carbons (Fsp3) is 0.310. The number of aromatic amines is 1. The molecule has 0 unspecified atom stereocenters. The zero-order valence-electron chi connectivity index (χ0n) is 22.3. The maximum atomic E-state index is 13.2. The molecule has 5 aromatic rings. The van der Waals surface area contributed by atoms with E-state index >= 15 is 0 Å². The molecule has 5 rings (SSSR count). The highest BCUT2D eigenvalue weighted by Gasteiger charge is 2.26. The molecule has 0 spiro atoms. The number of nitrogens with one attached hydrogen (secondary N) is 1. The number of tetrazole rings is 1. The van der Waals surface area contributed by atoms with Crippen molar-refractivity contribution in [2.24, 2.45) is 0 Å². The maximum absolute atomic E-state index is 13.2. The quantitative estimate of drug-likeness (QED) is 0.231. The van der Waals surface area contributed by atoms with Crippen molar-refractivity contribution in [1.82, 2.24) is 30.1 Å². The van der Waals surface area contributed by atoms with Crippen LogP contribution in [-0.4, -0.2) is 43.8 Å². The molecule has 10 heteroatoms. The lowest BCUT2D eigenvalue weighted by Gasteiger charge is -2.30. The van der Waals surface area contributed by atoms with Crippen molar-refractivity contribution in [3.63, 3.8) is 0 Å². The van der Waals surface area contributed by atoms with Crippen molar-refractivity contribution in [1.29, 1.82) is 0 Å². The van der Waals surface area contributed by atoms with Gasteiger partial charge in [-0.05, 0) is 77.2 Å². The topological polar surface area (TPSA) is 98.2 Å². The minimum atomic E-state index is -0.106. The monoisotopic (exact) mass is 544 g/mol. The molecule has 0 bridgehead atoms. The van der Waals surface area contributed by atoms with Crippen LogP contribution in [0.3, 0.4) is 0 Å². The summed E-state index contributed by atoms with van der Waals surface area (Å²) in [5.74, 6) is 2.35. The van der Waals surface area contributed by atoms with Crippen LogP contribution in [0.5, 0.6) is 11.5 Å². The van der Waals surface area contributed by atoms with E-state index in [2.05, 4.69) is 43.8 Å². The molecule has 1 atom stereocenters. The van der Waals surface area contributed by atoms with Gasteiger partial charge in [0.25, 0.3) is 5.56 Å². The number of fused-ring (bicyclic) bond motifs is 1. The highest BCUT2D eigenvalue weighted by atomic mass is 32.1. The molecule has 0 aliphatic heterocycles. The summed E-state index contributed by atoms with van der Waals surface area (Å²) < 4.78 is 12.8. The lowest BCUT2D eigenvalue weighted by molar-refractivity contribution is 0.163. The van der Waals surface area contributed by atoms with E-state index < -0.39 is 0 Å². The predicted molar refractivity (Wildman–Crippen MR) is 152 cm³/mol. The summed E-state index contributed by atoms with van der Waals surface area (Å²) in [4.78, 5) is 19.7. The van der Waals surface area contributed by atoms with Gasteiger partial charge in [-0.1, -0.05) is 25.1 Å². The van der Waals surface area contributed by atoms with E-state index in [0.29, 0.717) is 31.8 Å². The summed E-state index contributed by atoms with van der Waals surface area (Å²) in [5.41, 5.74) is 2.43. The first-order valence-corrected chi connectivity index (χ1v) is 13.9. The zero-order valence-corrected chi connectivity index (χ0v) is 23.1. The van der Waals surface area contributed by atoms with Crippen molar-refractivity contribution < 1.29 is 9.47 Å². The van der Waals surface area contributed by atoms with E-state index in [1.807, 2.05) is 66.2 Å². The number of pyridine rings is 1. The SMILES string of the molecule is CCOc1ccc2[nH]c(=O)c(CN(Cc3cccs3)[C@@H](CC)c3nnnn3Cc3ccc(OC)cc3)cc2c1. The minimum absolute atomic E-state index is 0.101. The largest absolute Gasteiger partial charge is 0.497 e. The lowest BCUT2D eigenvalue weighted by Crippen LogP contribution is -2.32. The normalized spacial score (nSPS) is 12.2. The number of aromatic nitrogens is 5. The molecule has 2 aromatic carbocycles. The first kappa shape index (κ1) is 26.6. The fourth-order valence-corrected chi connectivity index (χ4v) is 5.50. The molecule has 3 aromatic heterocycles. The van der Waals surface area contributed by atoms with Crippen molar-refractivity contribution in [2.75, 3.05) is 13.7 Å². The van der Waals surface area contributed by atoms with Gasteiger partial charge in [0.1, 0.15) is 11.5 Å². The summed E-state index contributed by atoms with van der Waals surface area (Å²) in [7, 11) is 1.65. The Morgan fingerprint density at radius 1 is 1.05 bits per heavy atom. The first-order valence-electron chi connectivity index (χ1n) is 13.0. The van der Waals surface area contributed by atoms with Gasteiger partial charge >= 0.3 is 0 Å². The van der Waals surface area contributed by atoms with Gasteiger partial charge in [-0.15, -0.1) is 16.4 Å². The molecule has 3 heterocycles.